The first-order valence-electron chi connectivity index (χ1n) is 5.95. The largest absolute Gasteiger partial charge is 0.479 e. The zero-order valence-corrected chi connectivity index (χ0v) is 9.76. The maximum atomic E-state index is 11.8. The number of carbonyl (C=O) groups is 2. The van der Waals surface area contributed by atoms with Crippen molar-refractivity contribution in [1.82, 2.24) is 5.32 Å². The maximum Gasteiger partial charge on any atom is 0.334 e. The van der Waals surface area contributed by atoms with Crippen molar-refractivity contribution in [2.75, 3.05) is 13.1 Å². The number of aliphatic hydroxyl groups excluding tert-OH is 1. The molecule has 17 heavy (non-hydrogen) atoms. The summed E-state index contributed by atoms with van der Waals surface area (Å²) in [5.41, 5.74) is 5.61. The lowest BCUT2D eigenvalue weighted by Gasteiger charge is -2.29. The fraction of sp³-hybridized carbons (Fsp3) is 0.818. The van der Waals surface area contributed by atoms with Crippen molar-refractivity contribution in [1.29, 1.82) is 0 Å². The lowest BCUT2D eigenvalue weighted by atomic mass is 9.79. The first-order valence-corrected chi connectivity index (χ1v) is 5.95. The Bertz CT molecular complexity index is 283. The Kier molecular flexibility index (Phi) is 5.37. The van der Waals surface area contributed by atoms with Gasteiger partial charge in [0, 0.05) is 5.92 Å². The van der Waals surface area contributed by atoms with Gasteiger partial charge in [0.2, 0.25) is 5.91 Å². The van der Waals surface area contributed by atoms with E-state index in [1.54, 1.807) is 0 Å². The zero-order chi connectivity index (χ0) is 12.8. The molecule has 0 spiro atoms. The van der Waals surface area contributed by atoms with E-state index in [0.717, 1.165) is 25.7 Å². The van der Waals surface area contributed by atoms with Crippen LogP contribution in [-0.4, -0.2) is 41.3 Å². The van der Waals surface area contributed by atoms with Crippen molar-refractivity contribution in [3.63, 3.8) is 0 Å². The van der Waals surface area contributed by atoms with Crippen molar-refractivity contribution in [2.24, 2.45) is 17.6 Å². The molecule has 0 radical (unpaired) electrons. The Morgan fingerprint density at radius 2 is 2.00 bits per heavy atom. The Hall–Kier alpha value is -1.14. The van der Waals surface area contributed by atoms with E-state index in [1.807, 2.05) is 0 Å². The van der Waals surface area contributed by atoms with Gasteiger partial charge in [-0.05, 0) is 25.3 Å². The molecule has 0 saturated heterocycles. The summed E-state index contributed by atoms with van der Waals surface area (Å²) < 4.78 is 0. The lowest BCUT2D eigenvalue weighted by Crippen LogP contribution is -2.43. The summed E-state index contributed by atoms with van der Waals surface area (Å²) >= 11 is 0. The molecule has 1 saturated carbocycles. The number of nitrogens with one attached hydrogen (secondary N) is 1. The second-order valence-corrected chi connectivity index (χ2v) is 4.49. The molecule has 0 aromatic heterocycles. The van der Waals surface area contributed by atoms with Crippen LogP contribution in [0.25, 0.3) is 0 Å². The van der Waals surface area contributed by atoms with Gasteiger partial charge in [-0.1, -0.05) is 12.8 Å². The number of hydrogen-bond donors (Lipinski definition) is 4. The van der Waals surface area contributed by atoms with Gasteiger partial charge >= 0.3 is 5.97 Å². The van der Waals surface area contributed by atoms with Crippen LogP contribution >= 0.6 is 0 Å². The van der Waals surface area contributed by atoms with Crippen LogP contribution in [-0.2, 0) is 9.59 Å². The van der Waals surface area contributed by atoms with E-state index in [-0.39, 0.29) is 24.3 Å². The highest BCUT2D eigenvalue weighted by molar-refractivity contribution is 5.80. The number of rotatable bonds is 5. The standard InChI is InChI=1S/C11H20N2O4/c12-5-7-3-1-2-4-8(7)10(15)13-6-9(14)11(16)17/h7-9,14H,1-6,12H2,(H,13,15)(H,16,17)/t7?,8?,9-/m0/s1. The second-order valence-electron chi connectivity index (χ2n) is 4.49. The molecule has 2 unspecified atom stereocenters. The third kappa shape index (κ3) is 3.98. The summed E-state index contributed by atoms with van der Waals surface area (Å²) in [6.07, 6.45) is 2.27. The predicted molar refractivity (Wildman–Crippen MR) is 61.2 cm³/mol. The van der Waals surface area contributed by atoms with Crippen LogP contribution in [0.15, 0.2) is 0 Å². The summed E-state index contributed by atoms with van der Waals surface area (Å²) in [5.74, 6) is -1.50. The van der Waals surface area contributed by atoms with Crippen molar-refractivity contribution < 1.29 is 19.8 Å². The minimum Gasteiger partial charge on any atom is -0.479 e. The molecule has 1 aliphatic carbocycles. The van der Waals surface area contributed by atoms with Crippen LogP contribution in [0.5, 0.6) is 0 Å². The van der Waals surface area contributed by atoms with Crippen LogP contribution in [0.1, 0.15) is 25.7 Å². The second kappa shape index (κ2) is 6.56. The normalized spacial score (nSPS) is 26.2. The van der Waals surface area contributed by atoms with E-state index < -0.39 is 12.1 Å². The number of carbonyl (C=O) groups excluding carboxylic acids is 1. The van der Waals surface area contributed by atoms with Gasteiger partial charge in [-0.2, -0.15) is 0 Å². The average molecular weight is 244 g/mol. The number of aliphatic carboxylic acids is 1. The Morgan fingerprint density at radius 3 is 2.59 bits per heavy atom. The van der Waals surface area contributed by atoms with Gasteiger partial charge in [0.1, 0.15) is 0 Å². The highest BCUT2D eigenvalue weighted by atomic mass is 16.4. The molecule has 0 aromatic rings. The SMILES string of the molecule is NCC1CCCCC1C(=O)NC[C@H](O)C(=O)O. The molecule has 0 aliphatic heterocycles. The molecule has 6 heteroatoms. The highest BCUT2D eigenvalue weighted by Gasteiger charge is 2.30. The van der Waals surface area contributed by atoms with Gasteiger partial charge in [-0.3, -0.25) is 4.79 Å². The zero-order valence-electron chi connectivity index (χ0n) is 9.76. The molecule has 1 aliphatic rings. The van der Waals surface area contributed by atoms with Crippen molar-refractivity contribution in [3.8, 4) is 0 Å². The van der Waals surface area contributed by atoms with Crippen molar-refractivity contribution >= 4 is 11.9 Å². The molecule has 3 atom stereocenters. The molecule has 6 nitrogen and oxygen atoms in total. The van der Waals surface area contributed by atoms with E-state index in [9.17, 15) is 9.59 Å². The Labute approximate surface area is 100 Å². The van der Waals surface area contributed by atoms with Crippen LogP contribution in [0.3, 0.4) is 0 Å². The highest BCUT2D eigenvalue weighted by Crippen LogP contribution is 2.29. The number of aliphatic hydroxyl groups is 1. The minimum atomic E-state index is -1.54. The quantitative estimate of drug-likeness (QED) is 0.511. The van der Waals surface area contributed by atoms with Crippen molar-refractivity contribution in [2.45, 2.75) is 31.8 Å². The van der Waals surface area contributed by atoms with Crippen molar-refractivity contribution in [3.05, 3.63) is 0 Å². The number of amides is 1. The molecule has 98 valence electrons. The van der Waals surface area contributed by atoms with Gasteiger partial charge in [-0.25, -0.2) is 4.79 Å². The summed E-state index contributed by atoms with van der Waals surface area (Å²) in [6.45, 7) is 0.224. The summed E-state index contributed by atoms with van der Waals surface area (Å²) in [4.78, 5) is 22.2. The number of carboxylic acids is 1. The molecule has 1 amide bonds. The fourth-order valence-corrected chi connectivity index (χ4v) is 2.25. The Balaban J connectivity index is 2.42. The van der Waals surface area contributed by atoms with E-state index in [2.05, 4.69) is 5.32 Å². The average Bonchev–Trinajstić information content (AvgIpc) is 2.35. The van der Waals surface area contributed by atoms with Gasteiger partial charge in [0.05, 0.1) is 6.54 Å². The monoisotopic (exact) mass is 244 g/mol. The summed E-state index contributed by atoms with van der Waals surface area (Å²) in [7, 11) is 0. The van der Waals surface area contributed by atoms with Gasteiger partial charge in [0.15, 0.2) is 6.10 Å². The van der Waals surface area contributed by atoms with Gasteiger partial charge in [0.25, 0.3) is 0 Å². The third-order valence-corrected chi connectivity index (χ3v) is 3.30. The number of carboxylic acid groups (broad SMARTS) is 1. The van der Waals surface area contributed by atoms with Crippen LogP contribution in [0.2, 0.25) is 0 Å². The molecular formula is C11H20N2O4. The van der Waals surface area contributed by atoms with E-state index in [4.69, 9.17) is 15.9 Å². The topological polar surface area (TPSA) is 113 Å². The molecule has 0 aromatic carbocycles. The summed E-state index contributed by atoms with van der Waals surface area (Å²) in [5, 5.41) is 20.0. The van der Waals surface area contributed by atoms with Gasteiger partial charge < -0.3 is 21.3 Å². The van der Waals surface area contributed by atoms with Crippen LogP contribution in [0.4, 0.5) is 0 Å². The van der Waals surface area contributed by atoms with E-state index in [1.165, 1.54) is 0 Å². The number of hydrogen-bond acceptors (Lipinski definition) is 4. The molecule has 0 heterocycles. The van der Waals surface area contributed by atoms with Crippen LogP contribution < -0.4 is 11.1 Å². The number of nitrogens with two attached hydrogens (primary N) is 1. The van der Waals surface area contributed by atoms with E-state index >= 15 is 0 Å². The predicted octanol–water partition coefficient (Wildman–Crippen LogP) is -0.687. The third-order valence-electron chi connectivity index (χ3n) is 3.30. The van der Waals surface area contributed by atoms with E-state index in [0.29, 0.717) is 6.54 Å². The first kappa shape index (κ1) is 13.9. The Morgan fingerprint density at radius 1 is 1.35 bits per heavy atom. The molecule has 1 fully saturated rings. The molecule has 1 rings (SSSR count). The lowest BCUT2D eigenvalue weighted by molar-refractivity contribution is -0.146. The minimum absolute atomic E-state index is 0.144. The maximum absolute atomic E-state index is 11.8. The first-order chi connectivity index (χ1) is 8.06. The summed E-state index contributed by atoms with van der Waals surface area (Å²) in [6, 6.07) is 0. The smallest absolute Gasteiger partial charge is 0.334 e. The molecule has 5 N–H and O–H groups in total. The van der Waals surface area contributed by atoms with Gasteiger partial charge in [-0.15, -0.1) is 0 Å². The fourth-order valence-electron chi connectivity index (χ4n) is 2.25. The molecule has 0 bridgehead atoms. The molecular weight excluding hydrogens is 224 g/mol. The van der Waals surface area contributed by atoms with Crippen LogP contribution in [0, 0.1) is 11.8 Å².